The molecule has 0 unspecified atom stereocenters. The molecular weight excluding hydrogens is 318 g/mol. The van der Waals surface area contributed by atoms with Crippen LogP contribution >= 0.6 is 23.1 Å². The van der Waals surface area contributed by atoms with Crippen LogP contribution in [-0.4, -0.2) is 38.4 Å². The molecule has 7 heteroatoms. The van der Waals surface area contributed by atoms with Crippen molar-refractivity contribution in [2.45, 2.75) is 30.7 Å². The van der Waals surface area contributed by atoms with Crippen LogP contribution < -0.4 is 5.32 Å². The fourth-order valence-electron chi connectivity index (χ4n) is 3.13. The fraction of sp³-hybridized carbons (Fsp3) is 0.400. The number of hydrogen-bond donors (Lipinski definition) is 1. The molecule has 2 aromatic rings. The highest BCUT2D eigenvalue weighted by Crippen LogP contribution is 2.47. The third-order valence-electron chi connectivity index (χ3n) is 4.27. The van der Waals surface area contributed by atoms with E-state index in [1.807, 2.05) is 31.2 Å². The third-order valence-corrected chi connectivity index (χ3v) is 6.73. The van der Waals surface area contributed by atoms with Crippen LogP contribution in [0.4, 0.5) is 5.13 Å². The maximum absolute atomic E-state index is 12.6. The maximum atomic E-state index is 12.6. The molecule has 4 rings (SSSR count). The Morgan fingerprint density at radius 3 is 3.09 bits per heavy atom. The Kier molecular flexibility index (Phi) is 3.16. The first-order valence-corrected chi connectivity index (χ1v) is 9.00. The Morgan fingerprint density at radius 2 is 2.27 bits per heavy atom. The number of amides is 2. The highest BCUT2D eigenvalue weighted by atomic mass is 32.2. The summed E-state index contributed by atoms with van der Waals surface area (Å²) in [6, 6.07) is 7.39. The van der Waals surface area contributed by atoms with Gasteiger partial charge < -0.3 is 10.2 Å². The first-order chi connectivity index (χ1) is 10.6. The number of hydrogen-bond acceptors (Lipinski definition) is 5. The lowest BCUT2D eigenvalue weighted by molar-refractivity contribution is -0.135. The van der Waals surface area contributed by atoms with E-state index < -0.39 is 6.04 Å². The number of rotatable bonds is 2. The summed E-state index contributed by atoms with van der Waals surface area (Å²) in [7, 11) is 0. The fourth-order valence-corrected chi connectivity index (χ4v) is 5.43. The topological polar surface area (TPSA) is 62.3 Å². The number of thiazole rings is 1. The monoisotopic (exact) mass is 333 g/mol. The molecule has 2 aliphatic heterocycles. The molecule has 114 valence electrons. The van der Waals surface area contributed by atoms with Crippen LogP contribution in [0.5, 0.6) is 0 Å². The number of anilines is 1. The van der Waals surface area contributed by atoms with Crippen LogP contribution in [0.2, 0.25) is 0 Å². The summed E-state index contributed by atoms with van der Waals surface area (Å²) in [5.74, 6) is 0.598. The summed E-state index contributed by atoms with van der Waals surface area (Å²) < 4.78 is 1.04. The second-order valence-electron chi connectivity index (χ2n) is 5.74. The molecule has 0 bridgehead atoms. The zero-order chi connectivity index (χ0) is 15.3. The number of para-hydroxylation sites is 1. The second-order valence-corrected chi connectivity index (χ2v) is 8.27. The average Bonchev–Trinajstić information content (AvgIpc) is 3.12. The quantitative estimate of drug-likeness (QED) is 0.918. The van der Waals surface area contributed by atoms with Crippen LogP contribution in [0.3, 0.4) is 0 Å². The van der Waals surface area contributed by atoms with Gasteiger partial charge in [-0.3, -0.25) is 9.59 Å². The Bertz CT molecular complexity index is 742. The molecule has 2 aliphatic rings. The summed E-state index contributed by atoms with van der Waals surface area (Å²) in [5, 5.41) is 3.48. The summed E-state index contributed by atoms with van der Waals surface area (Å²) in [6.07, 6.45) is 1.36. The number of aromatic nitrogens is 1. The van der Waals surface area contributed by atoms with E-state index in [1.54, 1.807) is 16.7 Å². The van der Waals surface area contributed by atoms with Crippen molar-refractivity contribution >= 4 is 50.3 Å². The van der Waals surface area contributed by atoms with Gasteiger partial charge in [0.15, 0.2) is 5.13 Å². The van der Waals surface area contributed by atoms with Crippen molar-refractivity contribution in [3.8, 4) is 0 Å². The molecule has 0 saturated carbocycles. The predicted octanol–water partition coefficient (Wildman–Crippen LogP) is 2.69. The normalized spacial score (nSPS) is 27.4. The molecule has 0 radical (unpaired) electrons. The van der Waals surface area contributed by atoms with E-state index in [4.69, 9.17) is 0 Å². The second kappa shape index (κ2) is 4.96. The van der Waals surface area contributed by atoms with Crippen molar-refractivity contribution < 1.29 is 9.59 Å². The lowest BCUT2D eigenvalue weighted by Gasteiger charge is -2.29. The van der Waals surface area contributed by atoms with Gasteiger partial charge in [0.25, 0.3) is 0 Å². The van der Waals surface area contributed by atoms with E-state index in [-0.39, 0.29) is 16.7 Å². The molecule has 1 aromatic carbocycles. The van der Waals surface area contributed by atoms with Gasteiger partial charge >= 0.3 is 0 Å². The smallest absolute Gasteiger partial charge is 0.249 e. The van der Waals surface area contributed by atoms with Crippen LogP contribution in [0, 0.1) is 0 Å². The summed E-state index contributed by atoms with van der Waals surface area (Å²) >= 11 is 3.15. The molecule has 22 heavy (non-hydrogen) atoms. The zero-order valence-electron chi connectivity index (χ0n) is 12.0. The first kappa shape index (κ1) is 14.0. The zero-order valence-corrected chi connectivity index (χ0v) is 13.7. The van der Waals surface area contributed by atoms with Gasteiger partial charge in [0, 0.05) is 12.2 Å². The number of carbonyl (C=O) groups excluding carboxylic acids is 2. The Hall–Kier alpha value is -1.60. The van der Waals surface area contributed by atoms with E-state index >= 15 is 0 Å². The molecule has 5 nitrogen and oxygen atoms in total. The van der Waals surface area contributed by atoms with Crippen LogP contribution in [0.1, 0.15) is 19.8 Å². The minimum absolute atomic E-state index is 0.0805. The van der Waals surface area contributed by atoms with Gasteiger partial charge in [0.2, 0.25) is 11.8 Å². The van der Waals surface area contributed by atoms with Crippen LogP contribution in [0.25, 0.3) is 10.2 Å². The molecule has 3 heterocycles. The molecular formula is C15H15N3O2S2. The van der Waals surface area contributed by atoms with Gasteiger partial charge in [-0.25, -0.2) is 4.98 Å². The number of thioether (sulfide) groups is 1. The minimum Gasteiger partial charge on any atom is -0.315 e. The Balaban J connectivity index is 1.56. The van der Waals surface area contributed by atoms with Gasteiger partial charge in [-0.05, 0) is 25.5 Å². The van der Waals surface area contributed by atoms with E-state index in [2.05, 4.69) is 10.3 Å². The summed E-state index contributed by atoms with van der Waals surface area (Å²) in [6.45, 7) is 2.05. The van der Waals surface area contributed by atoms with E-state index in [0.29, 0.717) is 17.3 Å². The van der Waals surface area contributed by atoms with Crippen molar-refractivity contribution in [1.82, 2.24) is 9.88 Å². The van der Waals surface area contributed by atoms with E-state index in [1.165, 1.54) is 11.3 Å². The molecule has 2 fully saturated rings. The van der Waals surface area contributed by atoms with E-state index in [9.17, 15) is 9.59 Å². The summed E-state index contributed by atoms with van der Waals surface area (Å²) in [5.41, 5.74) is 0.880. The molecule has 1 N–H and O–H groups in total. The molecule has 2 amide bonds. The lowest BCUT2D eigenvalue weighted by Crippen LogP contribution is -2.48. The maximum Gasteiger partial charge on any atom is 0.249 e. The van der Waals surface area contributed by atoms with Crippen molar-refractivity contribution in [3.05, 3.63) is 24.3 Å². The number of carbonyl (C=O) groups is 2. The van der Waals surface area contributed by atoms with Gasteiger partial charge in [-0.2, -0.15) is 0 Å². The number of nitrogens with one attached hydrogen (secondary N) is 1. The van der Waals surface area contributed by atoms with Gasteiger partial charge in [-0.1, -0.05) is 23.5 Å². The van der Waals surface area contributed by atoms with Gasteiger partial charge in [0.1, 0.15) is 6.04 Å². The summed E-state index contributed by atoms with van der Waals surface area (Å²) in [4.78, 5) is 30.6. The Labute approximate surface area is 136 Å². The van der Waals surface area contributed by atoms with Crippen molar-refractivity contribution in [3.63, 3.8) is 0 Å². The van der Waals surface area contributed by atoms with Crippen molar-refractivity contribution in [2.75, 3.05) is 11.1 Å². The third kappa shape index (κ3) is 2.11. The average molecular weight is 333 g/mol. The molecule has 0 aliphatic carbocycles. The molecule has 2 saturated heterocycles. The lowest BCUT2D eigenvalue weighted by atomic mass is 10.2. The van der Waals surface area contributed by atoms with Crippen LogP contribution in [0.15, 0.2) is 24.3 Å². The van der Waals surface area contributed by atoms with E-state index in [0.717, 1.165) is 16.6 Å². The highest BCUT2D eigenvalue weighted by molar-refractivity contribution is 8.01. The standard InChI is InChI=1S/C15H15N3O2S2/c1-15-7-6-12(19)18(15)10(8-21-15)13(20)17-14-16-9-4-2-3-5-11(9)22-14/h2-5,10H,6-8H2,1H3,(H,16,17,20)/t10-,15+/m1/s1. The SMILES string of the molecule is C[C@]12CCC(=O)N1[C@@H](C(=O)Nc1nc3ccccc3s1)CS2. The number of fused-ring (bicyclic) bond motifs is 2. The molecule has 2 atom stereocenters. The van der Waals surface area contributed by atoms with Gasteiger partial charge in [0.05, 0.1) is 15.1 Å². The van der Waals surface area contributed by atoms with Gasteiger partial charge in [-0.15, -0.1) is 11.8 Å². The number of benzene rings is 1. The minimum atomic E-state index is -0.392. The predicted molar refractivity (Wildman–Crippen MR) is 89.0 cm³/mol. The molecule has 1 aromatic heterocycles. The Morgan fingerprint density at radius 1 is 1.45 bits per heavy atom. The van der Waals surface area contributed by atoms with Crippen molar-refractivity contribution in [2.24, 2.45) is 0 Å². The molecule has 0 spiro atoms. The largest absolute Gasteiger partial charge is 0.315 e. The first-order valence-electron chi connectivity index (χ1n) is 7.19. The number of nitrogens with zero attached hydrogens (tertiary/aromatic N) is 2. The highest BCUT2D eigenvalue weighted by Gasteiger charge is 2.52. The van der Waals surface area contributed by atoms with Crippen molar-refractivity contribution in [1.29, 1.82) is 0 Å². The van der Waals surface area contributed by atoms with Crippen LogP contribution in [-0.2, 0) is 9.59 Å².